The molecule has 3 amide bonds. The van der Waals surface area contributed by atoms with Crippen molar-refractivity contribution >= 4 is 29.0 Å². The minimum atomic E-state index is -0.329. The van der Waals surface area contributed by atoms with Gasteiger partial charge in [-0.3, -0.25) is 4.79 Å². The van der Waals surface area contributed by atoms with Crippen molar-refractivity contribution in [2.24, 2.45) is 0 Å². The summed E-state index contributed by atoms with van der Waals surface area (Å²) in [4.78, 5) is 23.0. The molecular formula is C17H19N3O2. The van der Waals surface area contributed by atoms with Crippen LogP contribution >= 0.6 is 0 Å². The number of hydrogen-bond donors (Lipinski definition) is 3. The zero-order valence-electron chi connectivity index (χ0n) is 12.6. The van der Waals surface area contributed by atoms with Crippen LogP contribution < -0.4 is 16.0 Å². The molecule has 0 saturated carbocycles. The Morgan fingerprint density at radius 3 is 2.05 bits per heavy atom. The Morgan fingerprint density at radius 1 is 0.864 bits per heavy atom. The average molecular weight is 297 g/mol. The van der Waals surface area contributed by atoms with Crippen LogP contribution in [-0.2, 0) is 11.2 Å². The first-order chi connectivity index (χ1) is 10.6. The lowest BCUT2D eigenvalue weighted by molar-refractivity contribution is -0.114. The van der Waals surface area contributed by atoms with Crippen molar-refractivity contribution in [2.45, 2.75) is 20.3 Å². The maximum atomic E-state index is 12.0. The molecule has 0 atom stereocenters. The fourth-order valence-corrected chi connectivity index (χ4v) is 2.00. The molecule has 0 fully saturated rings. The number of anilines is 3. The van der Waals surface area contributed by atoms with Gasteiger partial charge in [0, 0.05) is 24.0 Å². The third-order valence-electron chi connectivity index (χ3n) is 3.06. The average Bonchev–Trinajstić information content (AvgIpc) is 2.47. The predicted octanol–water partition coefficient (Wildman–Crippen LogP) is 3.85. The fourth-order valence-electron chi connectivity index (χ4n) is 2.00. The third kappa shape index (κ3) is 4.63. The second kappa shape index (κ2) is 7.26. The van der Waals surface area contributed by atoms with Crippen molar-refractivity contribution in [3.63, 3.8) is 0 Å². The zero-order valence-corrected chi connectivity index (χ0v) is 12.6. The lowest BCUT2D eigenvalue weighted by atomic mass is 10.1. The molecule has 0 aromatic heterocycles. The molecular weight excluding hydrogens is 278 g/mol. The molecule has 0 saturated heterocycles. The van der Waals surface area contributed by atoms with E-state index in [0.29, 0.717) is 11.4 Å². The lowest BCUT2D eigenvalue weighted by Crippen LogP contribution is -2.19. The highest BCUT2D eigenvalue weighted by molar-refractivity contribution is 6.00. The Kier molecular flexibility index (Phi) is 5.14. The number of nitrogens with one attached hydrogen (secondary N) is 3. The molecule has 0 bridgehead atoms. The van der Waals surface area contributed by atoms with E-state index >= 15 is 0 Å². The van der Waals surface area contributed by atoms with Crippen molar-refractivity contribution in [1.29, 1.82) is 0 Å². The van der Waals surface area contributed by atoms with Gasteiger partial charge in [-0.25, -0.2) is 4.79 Å². The molecule has 0 aliphatic carbocycles. The number of carbonyl (C=O) groups excluding carboxylic acids is 2. The fraction of sp³-hybridized carbons (Fsp3) is 0.176. The van der Waals surface area contributed by atoms with Crippen molar-refractivity contribution in [1.82, 2.24) is 0 Å². The van der Waals surface area contributed by atoms with E-state index < -0.39 is 0 Å². The maximum absolute atomic E-state index is 12.0. The number of urea groups is 1. The standard InChI is InChI=1S/C17H19N3O2/c1-3-13-7-9-14(10-8-13)19-17(22)20-16-6-4-5-15(11-16)18-12(2)21/h4-11H,3H2,1-2H3,(H,18,21)(H2,19,20,22). The molecule has 0 unspecified atom stereocenters. The van der Waals surface area contributed by atoms with E-state index in [0.717, 1.165) is 12.1 Å². The van der Waals surface area contributed by atoms with E-state index in [4.69, 9.17) is 0 Å². The van der Waals surface area contributed by atoms with E-state index in [2.05, 4.69) is 22.9 Å². The second-order valence-electron chi connectivity index (χ2n) is 4.89. The minimum absolute atomic E-state index is 0.155. The van der Waals surface area contributed by atoms with Crippen LogP contribution in [0.2, 0.25) is 0 Å². The summed E-state index contributed by atoms with van der Waals surface area (Å²) in [7, 11) is 0. The number of amides is 3. The summed E-state index contributed by atoms with van der Waals surface area (Å²) < 4.78 is 0. The summed E-state index contributed by atoms with van der Waals surface area (Å²) in [6.07, 6.45) is 0.961. The largest absolute Gasteiger partial charge is 0.326 e. The quantitative estimate of drug-likeness (QED) is 0.802. The summed E-state index contributed by atoms with van der Waals surface area (Å²) >= 11 is 0. The Labute approximate surface area is 129 Å². The number of hydrogen-bond acceptors (Lipinski definition) is 2. The van der Waals surface area contributed by atoms with Crippen molar-refractivity contribution < 1.29 is 9.59 Å². The normalized spacial score (nSPS) is 9.91. The van der Waals surface area contributed by atoms with E-state index in [9.17, 15) is 9.59 Å². The van der Waals surface area contributed by atoms with Crippen molar-refractivity contribution in [3.05, 3.63) is 54.1 Å². The Bertz CT molecular complexity index is 666. The smallest absolute Gasteiger partial charge is 0.323 e. The highest BCUT2D eigenvalue weighted by Crippen LogP contribution is 2.16. The molecule has 2 aromatic carbocycles. The van der Waals surface area contributed by atoms with Gasteiger partial charge in [-0.05, 0) is 42.3 Å². The van der Waals surface area contributed by atoms with Gasteiger partial charge < -0.3 is 16.0 Å². The first kappa shape index (κ1) is 15.6. The number of rotatable bonds is 4. The van der Waals surface area contributed by atoms with Gasteiger partial charge in [-0.15, -0.1) is 0 Å². The van der Waals surface area contributed by atoms with Crippen molar-refractivity contribution in [3.8, 4) is 0 Å². The van der Waals surface area contributed by atoms with Crippen LogP contribution in [0.3, 0.4) is 0 Å². The van der Waals surface area contributed by atoms with E-state index in [1.54, 1.807) is 24.3 Å². The van der Waals surface area contributed by atoms with Gasteiger partial charge in [0.15, 0.2) is 0 Å². The van der Waals surface area contributed by atoms with Crippen LogP contribution in [-0.4, -0.2) is 11.9 Å². The summed E-state index contributed by atoms with van der Waals surface area (Å²) in [5, 5.41) is 8.17. The van der Waals surface area contributed by atoms with Crippen LogP contribution in [0.4, 0.5) is 21.9 Å². The highest BCUT2D eigenvalue weighted by atomic mass is 16.2. The molecule has 0 radical (unpaired) electrons. The maximum Gasteiger partial charge on any atom is 0.323 e. The van der Waals surface area contributed by atoms with Crippen LogP contribution in [0.25, 0.3) is 0 Å². The first-order valence-corrected chi connectivity index (χ1v) is 7.11. The highest BCUT2D eigenvalue weighted by Gasteiger charge is 2.04. The molecule has 22 heavy (non-hydrogen) atoms. The van der Waals surface area contributed by atoms with E-state index in [1.165, 1.54) is 12.5 Å². The molecule has 5 nitrogen and oxygen atoms in total. The van der Waals surface area contributed by atoms with Gasteiger partial charge in [-0.2, -0.15) is 0 Å². The molecule has 0 heterocycles. The lowest BCUT2D eigenvalue weighted by Gasteiger charge is -2.09. The second-order valence-corrected chi connectivity index (χ2v) is 4.89. The number of aryl methyl sites for hydroxylation is 1. The van der Waals surface area contributed by atoms with Gasteiger partial charge in [-0.1, -0.05) is 25.1 Å². The molecule has 0 aliphatic heterocycles. The van der Waals surface area contributed by atoms with Crippen LogP contribution in [0.1, 0.15) is 19.4 Å². The predicted molar refractivity (Wildman–Crippen MR) is 89.2 cm³/mol. The molecule has 114 valence electrons. The number of benzene rings is 2. The molecule has 3 N–H and O–H groups in total. The van der Waals surface area contributed by atoms with Gasteiger partial charge in [0.2, 0.25) is 5.91 Å². The monoisotopic (exact) mass is 297 g/mol. The van der Waals surface area contributed by atoms with Gasteiger partial charge in [0.05, 0.1) is 0 Å². The Hall–Kier alpha value is -2.82. The molecule has 5 heteroatoms. The van der Waals surface area contributed by atoms with Crippen LogP contribution in [0.5, 0.6) is 0 Å². The molecule has 2 aromatic rings. The topological polar surface area (TPSA) is 70.2 Å². The Balaban J connectivity index is 1.97. The summed E-state index contributed by atoms with van der Waals surface area (Å²) in [5.41, 5.74) is 3.19. The Morgan fingerprint density at radius 2 is 1.45 bits per heavy atom. The SMILES string of the molecule is CCc1ccc(NC(=O)Nc2cccc(NC(C)=O)c2)cc1. The molecule has 0 spiro atoms. The first-order valence-electron chi connectivity index (χ1n) is 7.11. The van der Waals surface area contributed by atoms with Crippen molar-refractivity contribution in [2.75, 3.05) is 16.0 Å². The number of carbonyl (C=O) groups is 2. The summed E-state index contributed by atoms with van der Waals surface area (Å²) in [6.45, 7) is 3.52. The van der Waals surface area contributed by atoms with Gasteiger partial charge >= 0.3 is 6.03 Å². The van der Waals surface area contributed by atoms with Gasteiger partial charge in [0.25, 0.3) is 0 Å². The minimum Gasteiger partial charge on any atom is -0.326 e. The van der Waals surface area contributed by atoms with E-state index in [1.807, 2.05) is 24.3 Å². The van der Waals surface area contributed by atoms with Crippen LogP contribution in [0.15, 0.2) is 48.5 Å². The molecule has 2 rings (SSSR count). The summed E-state index contributed by atoms with van der Waals surface area (Å²) in [5.74, 6) is -0.155. The zero-order chi connectivity index (χ0) is 15.9. The van der Waals surface area contributed by atoms with Crippen LogP contribution in [0, 0.1) is 0 Å². The molecule has 0 aliphatic rings. The summed E-state index contributed by atoms with van der Waals surface area (Å²) in [6, 6.07) is 14.3. The third-order valence-corrected chi connectivity index (χ3v) is 3.06. The van der Waals surface area contributed by atoms with Gasteiger partial charge in [0.1, 0.15) is 0 Å². The van der Waals surface area contributed by atoms with E-state index in [-0.39, 0.29) is 11.9 Å².